The number of carbonyl (C=O) groups is 1. The van der Waals surface area contributed by atoms with Crippen molar-refractivity contribution in [1.82, 2.24) is 5.32 Å². The molecule has 1 heterocycles. The number of carbonyl (C=O) groups excluding carboxylic acids is 1. The highest BCUT2D eigenvalue weighted by molar-refractivity contribution is 7.10. The van der Waals surface area contributed by atoms with E-state index < -0.39 is 0 Å². The van der Waals surface area contributed by atoms with Crippen molar-refractivity contribution >= 4 is 22.9 Å². The van der Waals surface area contributed by atoms with E-state index >= 15 is 0 Å². The number of benzene rings is 1. The van der Waals surface area contributed by atoms with Crippen LogP contribution in [0.3, 0.4) is 0 Å². The van der Waals surface area contributed by atoms with E-state index in [4.69, 9.17) is 5.73 Å². The highest BCUT2D eigenvalue weighted by atomic mass is 32.1. The van der Waals surface area contributed by atoms with Crippen LogP contribution in [0.25, 0.3) is 0 Å². The molecule has 1 aromatic carbocycles. The molecule has 0 spiro atoms. The third-order valence-electron chi connectivity index (χ3n) is 3.33. The quantitative estimate of drug-likeness (QED) is 0.848. The van der Waals surface area contributed by atoms with Crippen LogP contribution in [-0.2, 0) is 5.41 Å². The minimum atomic E-state index is -0.115. The molecule has 0 bridgehead atoms. The first-order valence-electron chi connectivity index (χ1n) is 6.58. The van der Waals surface area contributed by atoms with E-state index in [0.717, 1.165) is 5.56 Å². The van der Waals surface area contributed by atoms with E-state index in [0.29, 0.717) is 17.8 Å². The number of aryl methyl sites for hydroxylation is 1. The third kappa shape index (κ3) is 3.20. The van der Waals surface area contributed by atoms with Crippen LogP contribution in [0.1, 0.15) is 34.6 Å². The highest BCUT2D eigenvalue weighted by Crippen LogP contribution is 2.26. The molecule has 3 nitrogen and oxygen atoms in total. The van der Waals surface area contributed by atoms with Crippen molar-refractivity contribution in [2.45, 2.75) is 26.2 Å². The third-order valence-corrected chi connectivity index (χ3v) is 4.57. The fraction of sp³-hybridized carbons (Fsp3) is 0.312. The monoisotopic (exact) mass is 288 g/mol. The number of anilines is 1. The van der Waals surface area contributed by atoms with Gasteiger partial charge < -0.3 is 11.1 Å². The van der Waals surface area contributed by atoms with Gasteiger partial charge in [0, 0.05) is 22.5 Å². The van der Waals surface area contributed by atoms with Crippen molar-refractivity contribution in [3.8, 4) is 0 Å². The zero-order valence-electron chi connectivity index (χ0n) is 12.1. The van der Waals surface area contributed by atoms with Crippen LogP contribution in [0.2, 0.25) is 0 Å². The van der Waals surface area contributed by atoms with Crippen molar-refractivity contribution in [3.05, 3.63) is 51.7 Å². The van der Waals surface area contributed by atoms with Crippen molar-refractivity contribution in [2.24, 2.45) is 0 Å². The van der Waals surface area contributed by atoms with Gasteiger partial charge in [-0.2, -0.15) is 0 Å². The summed E-state index contributed by atoms with van der Waals surface area (Å²) in [5.41, 5.74) is 7.88. The Bertz CT molecular complexity index is 603. The smallest absolute Gasteiger partial charge is 0.253 e. The summed E-state index contributed by atoms with van der Waals surface area (Å²) in [6.45, 7) is 6.78. The molecule has 1 amide bonds. The lowest BCUT2D eigenvalue weighted by Gasteiger charge is -2.23. The van der Waals surface area contributed by atoms with Gasteiger partial charge in [-0.1, -0.05) is 31.5 Å². The Morgan fingerprint density at radius 3 is 2.75 bits per heavy atom. The lowest BCUT2D eigenvalue weighted by Crippen LogP contribution is -2.36. The number of nitrogen functional groups attached to an aromatic ring is 1. The van der Waals surface area contributed by atoms with Crippen molar-refractivity contribution < 1.29 is 4.79 Å². The summed E-state index contributed by atoms with van der Waals surface area (Å²) in [6.07, 6.45) is 0. The molecule has 0 aliphatic carbocycles. The molecular formula is C16H20N2OS. The summed E-state index contributed by atoms with van der Waals surface area (Å²) < 4.78 is 0. The van der Waals surface area contributed by atoms with E-state index in [9.17, 15) is 4.79 Å². The molecule has 2 aromatic rings. The topological polar surface area (TPSA) is 55.1 Å². The van der Waals surface area contributed by atoms with Crippen LogP contribution in [0.5, 0.6) is 0 Å². The Kier molecular flexibility index (Phi) is 4.14. The van der Waals surface area contributed by atoms with Crippen LogP contribution in [-0.4, -0.2) is 12.5 Å². The van der Waals surface area contributed by atoms with E-state index in [1.165, 1.54) is 4.88 Å². The molecule has 0 radical (unpaired) electrons. The highest BCUT2D eigenvalue weighted by Gasteiger charge is 2.23. The van der Waals surface area contributed by atoms with Gasteiger partial charge in [0.05, 0.1) is 5.56 Å². The molecule has 20 heavy (non-hydrogen) atoms. The summed E-state index contributed by atoms with van der Waals surface area (Å²) in [7, 11) is 0. The molecule has 0 atom stereocenters. The van der Waals surface area contributed by atoms with E-state index in [2.05, 4.69) is 30.6 Å². The largest absolute Gasteiger partial charge is 0.398 e. The van der Waals surface area contributed by atoms with Gasteiger partial charge in [0.25, 0.3) is 5.91 Å². The Morgan fingerprint density at radius 2 is 2.10 bits per heavy atom. The molecule has 1 aromatic heterocycles. The maximum atomic E-state index is 12.2. The second-order valence-corrected chi connectivity index (χ2v) is 6.58. The number of nitrogens with two attached hydrogens (primary N) is 1. The normalized spacial score (nSPS) is 11.3. The molecule has 3 N–H and O–H groups in total. The zero-order chi connectivity index (χ0) is 14.8. The average molecular weight is 288 g/mol. The Balaban J connectivity index is 2.07. The molecule has 0 aliphatic heterocycles. The number of amides is 1. The van der Waals surface area contributed by atoms with Crippen molar-refractivity contribution in [2.75, 3.05) is 12.3 Å². The number of rotatable bonds is 4. The fourth-order valence-corrected chi connectivity index (χ4v) is 2.87. The van der Waals surface area contributed by atoms with Crippen molar-refractivity contribution in [3.63, 3.8) is 0 Å². The molecule has 0 saturated heterocycles. The Hall–Kier alpha value is -1.81. The summed E-state index contributed by atoms with van der Waals surface area (Å²) in [4.78, 5) is 13.5. The Labute approximate surface area is 123 Å². The molecule has 106 valence electrons. The predicted molar refractivity (Wildman–Crippen MR) is 85.3 cm³/mol. The van der Waals surface area contributed by atoms with Gasteiger partial charge in [-0.05, 0) is 30.5 Å². The standard InChI is InChI=1S/C16H20N2OS/c1-11-6-7-13(17)12(9-11)15(19)18-10-16(2,3)14-5-4-8-20-14/h4-9H,10,17H2,1-3H3,(H,18,19). The summed E-state index contributed by atoms with van der Waals surface area (Å²) in [6, 6.07) is 9.62. The van der Waals surface area contributed by atoms with E-state index in [1.54, 1.807) is 17.4 Å². The first kappa shape index (κ1) is 14.6. The second kappa shape index (κ2) is 5.67. The van der Waals surface area contributed by atoms with Gasteiger partial charge in [0.2, 0.25) is 0 Å². The van der Waals surface area contributed by atoms with Crippen LogP contribution >= 0.6 is 11.3 Å². The van der Waals surface area contributed by atoms with Gasteiger partial charge in [-0.3, -0.25) is 4.79 Å². The van der Waals surface area contributed by atoms with E-state index in [1.807, 2.05) is 25.1 Å². The van der Waals surface area contributed by atoms with Crippen molar-refractivity contribution in [1.29, 1.82) is 0 Å². The summed E-state index contributed by atoms with van der Waals surface area (Å²) in [5, 5.41) is 5.04. The van der Waals surface area contributed by atoms with Gasteiger partial charge in [-0.25, -0.2) is 0 Å². The van der Waals surface area contributed by atoms with Crippen LogP contribution in [0.4, 0.5) is 5.69 Å². The number of hydrogen-bond acceptors (Lipinski definition) is 3. The van der Waals surface area contributed by atoms with Crippen LogP contribution < -0.4 is 11.1 Å². The van der Waals surface area contributed by atoms with E-state index in [-0.39, 0.29) is 11.3 Å². The van der Waals surface area contributed by atoms with Gasteiger partial charge in [-0.15, -0.1) is 11.3 Å². The van der Waals surface area contributed by atoms with Gasteiger partial charge >= 0.3 is 0 Å². The molecule has 0 aliphatic rings. The predicted octanol–water partition coefficient (Wildman–Crippen LogP) is 3.35. The summed E-state index contributed by atoms with van der Waals surface area (Å²) in [5.74, 6) is -0.115. The first-order valence-corrected chi connectivity index (χ1v) is 7.46. The molecule has 0 fully saturated rings. The molecule has 0 saturated carbocycles. The fourth-order valence-electron chi connectivity index (χ4n) is 2.01. The SMILES string of the molecule is Cc1ccc(N)c(C(=O)NCC(C)(C)c2cccs2)c1. The maximum absolute atomic E-state index is 12.2. The second-order valence-electron chi connectivity index (χ2n) is 5.63. The van der Waals surface area contributed by atoms with Crippen LogP contribution in [0, 0.1) is 6.92 Å². The number of nitrogens with one attached hydrogen (secondary N) is 1. The number of thiophene rings is 1. The number of hydrogen-bond donors (Lipinski definition) is 2. The first-order chi connectivity index (χ1) is 9.40. The van der Waals surface area contributed by atoms with Gasteiger partial charge in [0.15, 0.2) is 0 Å². The zero-order valence-corrected chi connectivity index (χ0v) is 12.9. The van der Waals surface area contributed by atoms with Crippen LogP contribution in [0.15, 0.2) is 35.7 Å². The lowest BCUT2D eigenvalue weighted by molar-refractivity contribution is 0.0946. The minimum absolute atomic E-state index is 0.0809. The lowest BCUT2D eigenvalue weighted by atomic mass is 9.91. The molecule has 4 heteroatoms. The van der Waals surface area contributed by atoms with Gasteiger partial charge in [0.1, 0.15) is 0 Å². The molecule has 2 rings (SSSR count). The Morgan fingerprint density at radius 1 is 1.35 bits per heavy atom. The minimum Gasteiger partial charge on any atom is -0.398 e. The average Bonchev–Trinajstić information content (AvgIpc) is 2.93. The molecule has 0 unspecified atom stereocenters. The maximum Gasteiger partial charge on any atom is 0.253 e. The molecular weight excluding hydrogens is 268 g/mol. The summed E-state index contributed by atoms with van der Waals surface area (Å²) >= 11 is 1.71.